The average Bonchev–Trinajstić information content (AvgIpc) is 2.67. The predicted octanol–water partition coefficient (Wildman–Crippen LogP) is 0.215. The number of esters is 1. The van der Waals surface area contributed by atoms with Crippen LogP contribution in [0.5, 0.6) is 0 Å². The summed E-state index contributed by atoms with van der Waals surface area (Å²) < 4.78 is 5.96. The van der Waals surface area contributed by atoms with Crippen LogP contribution in [0.25, 0.3) is 0 Å². The number of amides is 2. The molecule has 5 N–H and O–H groups in total. The average molecular weight is 476 g/mol. The molecule has 154 valence electrons. The summed E-state index contributed by atoms with van der Waals surface area (Å²) in [6.45, 7) is -0.294. The summed E-state index contributed by atoms with van der Waals surface area (Å²) in [6, 6.07) is 5.07. The zero-order valence-corrected chi connectivity index (χ0v) is 17.4. The van der Waals surface area contributed by atoms with E-state index in [4.69, 9.17) is 15.6 Å². The SMILES string of the molecule is NC(CCC(=O)N[C@H](CS)C(=O)NCC(=O)OCc1ccc(Br)cc1)C(=O)O. The maximum atomic E-state index is 12.1. The highest BCUT2D eigenvalue weighted by Crippen LogP contribution is 2.11. The van der Waals surface area contributed by atoms with Crippen LogP contribution >= 0.6 is 28.6 Å². The monoisotopic (exact) mass is 475 g/mol. The molecular weight excluding hydrogens is 454 g/mol. The molecule has 0 radical (unpaired) electrons. The summed E-state index contributed by atoms with van der Waals surface area (Å²) in [5, 5.41) is 13.5. The molecule has 0 aromatic heterocycles. The standard InChI is InChI=1S/C17H22BrN3O6S/c18-11-3-1-10(2-4-11)8-27-15(23)7-20-16(24)13(9-28)21-14(22)6-5-12(19)17(25)26/h1-4,12-13,28H,5-9,19H2,(H,20,24)(H,21,22)(H,25,26)/t12?,13-/m1/s1. The normalized spacial score (nSPS) is 12.5. The first-order valence-electron chi connectivity index (χ1n) is 8.29. The number of carboxylic acids is 1. The number of ether oxygens (including phenoxy) is 1. The highest BCUT2D eigenvalue weighted by Gasteiger charge is 2.21. The van der Waals surface area contributed by atoms with Crippen LogP contribution in [0.2, 0.25) is 0 Å². The highest BCUT2D eigenvalue weighted by atomic mass is 79.9. The first-order valence-corrected chi connectivity index (χ1v) is 9.72. The first kappa shape index (κ1) is 23.9. The minimum atomic E-state index is -1.21. The molecule has 0 fully saturated rings. The number of thiol groups is 1. The number of aliphatic carboxylic acids is 1. The molecule has 0 heterocycles. The molecule has 0 saturated heterocycles. The Hall–Kier alpha value is -2.11. The summed E-state index contributed by atoms with van der Waals surface area (Å²) >= 11 is 7.30. The van der Waals surface area contributed by atoms with Crippen molar-refractivity contribution in [1.82, 2.24) is 10.6 Å². The fraction of sp³-hybridized carbons (Fsp3) is 0.412. The molecule has 2 amide bonds. The van der Waals surface area contributed by atoms with E-state index in [0.717, 1.165) is 10.0 Å². The van der Waals surface area contributed by atoms with Gasteiger partial charge in [0.2, 0.25) is 11.8 Å². The van der Waals surface area contributed by atoms with Gasteiger partial charge < -0.3 is 26.2 Å². The Bertz CT molecular complexity index is 701. The Morgan fingerprint density at radius 2 is 1.86 bits per heavy atom. The van der Waals surface area contributed by atoms with Crippen molar-refractivity contribution in [2.45, 2.75) is 31.5 Å². The number of benzene rings is 1. The smallest absolute Gasteiger partial charge is 0.325 e. The molecule has 0 aliphatic carbocycles. The number of hydrogen-bond donors (Lipinski definition) is 5. The fourth-order valence-corrected chi connectivity index (χ4v) is 2.47. The first-order chi connectivity index (χ1) is 13.2. The Morgan fingerprint density at radius 3 is 2.43 bits per heavy atom. The van der Waals surface area contributed by atoms with Gasteiger partial charge in [0.1, 0.15) is 25.2 Å². The second kappa shape index (κ2) is 12.4. The van der Waals surface area contributed by atoms with Gasteiger partial charge in [-0.05, 0) is 24.1 Å². The van der Waals surface area contributed by atoms with Crippen molar-refractivity contribution < 1.29 is 29.0 Å². The molecule has 0 bridgehead atoms. The van der Waals surface area contributed by atoms with E-state index in [9.17, 15) is 19.2 Å². The zero-order chi connectivity index (χ0) is 21.1. The van der Waals surface area contributed by atoms with E-state index in [-0.39, 0.29) is 31.7 Å². The van der Waals surface area contributed by atoms with Gasteiger partial charge in [0.25, 0.3) is 0 Å². The summed E-state index contributed by atoms with van der Waals surface area (Å²) in [7, 11) is 0. The van der Waals surface area contributed by atoms with Gasteiger partial charge in [-0.15, -0.1) is 0 Å². The minimum absolute atomic E-state index is 0.00347. The quantitative estimate of drug-likeness (QED) is 0.227. The van der Waals surface area contributed by atoms with Crippen molar-refractivity contribution in [3.63, 3.8) is 0 Å². The fourth-order valence-electron chi connectivity index (χ4n) is 1.95. The van der Waals surface area contributed by atoms with Gasteiger partial charge in [-0.2, -0.15) is 12.6 Å². The Balaban J connectivity index is 2.35. The summed E-state index contributed by atoms with van der Waals surface area (Å²) in [4.78, 5) is 46.2. The van der Waals surface area contributed by atoms with Crippen LogP contribution in [0.4, 0.5) is 0 Å². The molecule has 0 aliphatic rings. The second-order valence-electron chi connectivity index (χ2n) is 5.79. The predicted molar refractivity (Wildman–Crippen MR) is 108 cm³/mol. The summed E-state index contributed by atoms with van der Waals surface area (Å²) in [6.07, 6.45) is -0.218. The number of rotatable bonds is 11. The number of hydrogen-bond acceptors (Lipinski definition) is 7. The largest absolute Gasteiger partial charge is 0.480 e. The van der Waals surface area contributed by atoms with Gasteiger partial charge in [0, 0.05) is 16.6 Å². The van der Waals surface area contributed by atoms with Crippen LogP contribution in [0.15, 0.2) is 28.7 Å². The molecule has 9 nitrogen and oxygen atoms in total. The van der Waals surface area contributed by atoms with E-state index in [1.54, 1.807) is 12.1 Å². The number of carboxylic acid groups (broad SMARTS) is 1. The van der Waals surface area contributed by atoms with Crippen LogP contribution in [0.1, 0.15) is 18.4 Å². The van der Waals surface area contributed by atoms with Crippen LogP contribution in [-0.4, -0.2) is 53.2 Å². The third-order valence-electron chi connectivity index (χ3n) is 3.55. The molecule has 1 aromatic carbocycles. The maximum Gasteiger partial charge on any atom is 0.325 e. The van der Waals surface area contributed by atoms with Crippen LogP contribution in [0, 0.1) is 0 Å². The van der Waals surface area contributed by atoms with E-state index in [2.05, 4.69) is 39.2 Å². The van der Waals surface area contributed by atoms with Crippen molar-refractivity contribution in [1.29, 1.82) is 0 Å². The maximum absolute atomic E-state index is 12.1. The molecule has 0 spiro atoms. The van der Waals surface area contributed by atoms with Gasteiger partial charge in [0.05, 0.1) is 0 Å². The van der Waals surface area contributed by atoms with E-state index in [1.165, 1.54) is 0 Å². The van der Waals surface area contributed by atoms with E-state index in [0.29, 0.717) is 0 Å². The lowest BCUT2D eigenvalue weighted by Crippen LogP contribution is -2.49. The van der Waals surface area contributed by atoms with Gasteiger partial charge >= 0.3 is 11.9 Å². The molecule has 0 aliphatic heterocycles. The molecule has 0 saturated carbocycles. The number of carbonyl (C=O) groups excluding carboxylic acids is 3. The van der Waals surface area contributed by atoms with Gasteiger partial charge in [-0.1, -0.05) is 28.1 Å². The molecule has 28 heavy (non-hydrogen) atoms. The number of nitrogens with two attached hydrogens (primary N) is 1. The Labute approximate surface area is 175 Å². The lowest BCUT2D eigenvalue weighted by Gasteiger charge is -2.16. The summed E-state index contributed by atoms with van der Waals surface area (Å²) in [5.74, 6) is -2.99. The van der Waals surface area contributed by atoms with Crippen molar-refractivity contribution >= 4 is 52.3 Å². The third kappa shape index (κ3) is 9.20. The van der Waals surface area contributed by atoms with Crippen molar-refractivity contribution in [2.24, 2.45) is 5.73 Å². The van der Waals surface area contributed by atoms with Crippen molar-refractivity contribution in [3.8, 4) is 0 Å². The molecule has 1 unspecified atom stereocenters. The molecular formula is C17H22BrN3O6S. The summed E-state index contributed by atoms with van der Waals surface area (Å²) in [5.41, 5.74) is 6.11. The van der Waals surface area contributed by atoms with Crippen molar-refractivity contribution in [2.75, 3.05) is 12.3 Å². The Morgan fingerprint density at radius 1 is 1.21 bits per heavy atom. The van der Waals surface area contributed by atoms with E-state index >= 15 is 0 Å². The molecule has 11 heteroatoms. The number of nitrogens with one attached hydrogen (secondary N) is 2. The highest BCUT2D eigenvalue weighted by molar-refractivity contribution is 9.10. The zero-order valence-electron chi connectivity index (χ0n) is 14.9. The minimum Gasteiger partial charge on any atom is -0.480 e. The topological polar surface area (TPSA) is 148 Å². The molecule has 1 rings (SSSR count). The van der Waals surface area contributed by atoms with Crippen molar-refractivity contribution in [3.05, 3.63) is 34.3 Å². The number of halogens is 1. The van der Waals surface area contributed by atoms with E-state index < -0.39 is 35.8 Å². The van der Waals surface area contributed by atoms with Gasteiger partial charge in [-0.25, -0.2) is 0 Å². The lowest BCUT2D eigenvalue weighted by molar-refractivity contribution is -0.145. The number of carbonyl (C=O) groups is 4. The van der Waals surface area contributed by atoms with Crippen LogP contribution < -0.4 is 16.4 Å². The van der Waals surface area contributed by atoms with Gasteiger partial charge in [-0.3, -0.25) is 19.2 Å². The van der Waals surface area contributed by atoms with E-state index in [1.807, 2.05) is 12.1 Å². The van der Waals surface area contributed by atoms with Gasteiger partial charge in [0.15, 0.2) is 0 Å². The lowest BCUT2D eigenvalue weighted by atomic mass is 10.1. The second-order valence-corrected chi connectivity index (χ2v) is 7.07. The third-order valence-corrected chi connectivity index (χ3v) is 4.45. The van der Waals surface area contributed by atoms with Crippen LogP contribution in [0.3, 0.4) is 0 Å². The Kier molecular flexibility index (Phi) is 10.6. The molecule has 1 aromatic rings. The van der Waals surface area contributed by atoms with Crippen LogP contribution in [-0.2, 0) is 30.5 Å². The molecule has 2 atom stereocenters.